The average Bonchev–Trinajstić information content (AvgIpc) is 2.41. The van der Waals surface area contributed by atoms with Crippen molar-refractivity contribution in [3.63, 3.8) is 0 Å². The zero-order valence-electron chi connectivity index (χ0n) is 12.8. The topological polar surface area (TPSA) is 38.3 Å². The number of nitrogens with one attached hydrogen (secondary N) is 1. The van der Waals surface area contributed by atoms with Gasteiger partial charge in [-0.05, 0) is 44.9 Å². The fourth-order valence-corrected chi connectivity index (χ4v) is 3.88. The molecule has 0 spiro atoms. The van der Waals surface area contributed by atoms with Crippen molar-refractivity contribution in [3.05, 3.63) is 11.6 Å². The van der Waals surface area contributed by atoms with E-state index < -0.39 is 17.0 Å². The van der Waals surface area contributed by atoms with Crippen molar-refractivity contribution < 1.29 is 22.7 Å². The summed E-state index contributed by atoms with van der Waals surface area (Å²) in [4.78, 5) is 12.5. The molecular weight excluding hydrogens is 315 g/mol. The molecule has 3 unspecified atom stereocenters. The van der Waals surface area contributed by atoms with Gasteiger partial charge in [-0.3, -0.25) is 9.52 Å². The average molecular weight is 337 g/mol. The predicted molar refractivity (Wildman–Crippen MR) is 80.0 cm³/mol. The number of hydrogen-bond donors (Lipinski definition) is 1. The van der Waals surface area contributed by atoms with Crippen LogP contribution in [0.3, 0.4) is 0 Å². The molecule has 0 aromatic heterocycles. The zero-order valence-corrected chi connectivity index (χ0v) is 13.6. The standard InChI is InChI=1S/C15H22F3NO2S/c1-10-6-12-4-3-5-14(7-10,8-12)13(20)21-9-11(2)19-22-15(16,17)18/h6,10-11,19H,3-5,7-9H2,1-2H3. The van der Waals surface area contributed by atoms with Gasteiger partial charge in [-0.25, -0.2) is 0 Å². The second-order valence-electron chi connectivity index (χ2n) is 6.48. The van der Waals surface area contributed by atoms with Crippen molar-refractivity contribution in [3.8, 4) is 0 Å². The number of halogens is 3. The molecule has 2 aliphatic rings. The molecule has 0 aromatic carbocycles. The smallest absolute Gasteiger partial charge is 0.456 e. The highest BCUT2D eigenvalue weighted by Crippen LogP contribution is 2.48. The number of ether oxygens (including phenoxy) is 1. The molecule has 1 saturated carbocycles. The van der Waals surface area contributed by atoms with Gasteiger partial charge >= 0.3 is 11.5 Å². The van der Waals surface area contributed by atoms with Crippen LogP contribution >= 0.6 is 11.9 Å². The second-order valence-corrected chi connectivity index (χ2v) is 7.38. The van der Waals surface area contributed by atoms with Crippen LogP contribution in [-0.2, 0) is 9.53 Å². The minimum atomic E-state index is -4.33. The number of hydrogen-bond acceptors (Lipinski definition) is 4. The maximum absolute atomic E-state index is 12.5. The molecule has 0 radical (unpaired) electrons. The predicted octanol–water partition coefficient (Wildman–Crippen LogP) is 4.20. The lowest BCUT2D eigenvalue weighted by atomic mass is 9.64. The fourth-order valence-electron chi connectivity index (χ4n) is 3.47. The van der Waals surface area contributed by atoms with Gasteiger partial charge in [0, 0.05) is 18.0 Å². The maximum atomic E-state index is 12.5. The molecule has 2 bridgehead atoms. The van der Waals surface area contributed by atoms with E-state index in [1.165, 1.54) is 5.57 Å². The van der Waals surface area contributed by atoms with E-state index in [4.69, 9.17) is 4.74 Å². The third-order valence-corrected chi connectivity index (χ3v) is 4.98. The Bertz CT molecular complexity index is 453. The van der Waals surface area contributed by atoms with Gasteiger partial charge in [-0.2, -0.15) is 13.2 Å². The Kier molecular flexibility index (Phi) is 5.48. The van der Waals surface area contributed by atoms with Gasteiger partial charge in [-0.1, -0.05) is 18.6 Å². The number of fused-ring (bicyclic) bond motifs is 2. The largest absolute Gasteiger partial charge is 0.464 e. The summed E-state index contributed by atoms with van der Waals surface area (Å²) < 4.78 is 43.9. The first-order chi connectivity index (χ1) is 10.2. The first-order valence-corrected chi connectivity index (χ1v) is 8.39. The molecule has 0 amide bonds. The van der Waals surface area contributed by atoms with Crippen LogP contribution in [0.1, 0.15) is 46.0 Å². The van der Waals surface area contributed by atoms with Crippen molar-refractivity contribution in [2.45, 2.75) is 57.5 Å². The number of esters is 1. The molecular formula is C15H22F3NO2S. The number of rotatable bonds is 5. The van der Waals surface area contributed by atoms with Crippen LogP contribution in [0.15, 0.2) is 11.6 Å². The summed E-state index contributed by atoms with van der Waals surface area (Å²) in [5.74, 6) is 0.100. The fraction of sp³-hybridized carbons (Fsp3) is 0.800. The Balaban J connectivity index is 1.85. The van der Waals surface area contributed by atoms with Crippen LogP contribution in [0.25, 0.3) is 0 Å². The molecule has 0 heterocycles. The van der Waals surface area contributed by atoms with Crippen LogP contribution < -0.4 is 4.72 Å². The molecule has 0 saturated heterocycles. The van der Waals surface area contributed by atoms with E-state index in [9.17, 15) is 18.0 Å². The Morgan fingerprint density at radius 2 is 2.32 bits per heavy atom. The summed E-state index contributed by atoms with van der Waals surface area (Å²) in [5.41, 5.74) is -3.47. The SMILES string of the molecule is CC1C=C2CCCC(C(=O)OCC(C)NSC(F)(F)F)(C2)C1. The van der Waals surface area contributed by atoms with Gasteiger partial charge in [-0.15, -0.1) is 0 Å². The molecule has 1 fully saturated rings. The molecule has 0 aliphatic heterocycles. The van der Waals surface area contributed by atoms with Gasteiger partial charge in [0.25, 0.3) is 0 Å². The summed E-state index contributed by atoms with van der Waals surface area (Å²) in [6.45, 7) is 3.62. The lowest BCUT2D eigenvalue weighted by Gasteiger charge is -2.41. The Morgan fingerprint density at radius 1 is 1.59 bits per heavy atom. The molecule has 0 aromatic rings. The van der Waals surface area contributed by atoms with Crippen LogP contribution in [0.4, 0.5) is 13.2 Å². The summed E-state index contributed by atoms with van der Waals surface area (Å²) >= 11 is -0.305. The number of carbonyl (C=O) groups excluding carboxylic acids is 1. The maximum Gasteiger partial charge on any atom is 0.456 e. The van der Waals surface area contributed by atoms with Crippen LogP contribution in [0.2, 0.25) is 0 Å². The van der Waals surface area contributed by atoms with E-state index in [0.29, 0.717) is 5.92 Å². The highest BCUT2D eigenvalue weighted by Gasteiger charge is 2.45. The first-order valence-electron chi connectivity index (χ1n) is 7.57. The van der Waals surface area contributed by atoms with Crippen LogP contribution in [0.5, 0.6) is 0 Å². The van der Waals surface area contributed by atoms with E-state index >= 15 is 0 Å². The van der Waals surface area contributed by atoms with Crippen molar-refractivity contribution in [1.29, 1.82) is 0 Å². The van der Waals surface area contributed by atoms with Crippen molar-refractivity contribution in [2.75, 3.05) is 6.61 Å². The minimum Gasteiger partial charge on any atom is -0.464 e. The summed E-state index contributed by atoms with van der Waals surface area (Å²) in [5, 5.41) is 0. The van der Waals surface area contributed by atoms with Crippen molar-refractivity contribution >= 4 is 17.9 Å². The van der Waals surface area contributed by atoms with E-state index in [1.54, 1.807) is 6.92 Å². The second kappa shape index (κ2) is 6.83. The van der Waals surface area contributed by atoms with Gasteiger partial charge in [0.05, 0.1) is 5.41 Å². The van der Waals surface area contributed by atoms with Gasteiger partial charge < -0.3 is 4.74 Å². The monoisotopic (exact) mass is 337 g/mol. The number of carbonyl (C=O) groups is 1. The molecule has 2 rings (SSSR count). The van der Waals surface area contributed by atoms with Crippen LogP contribution in [-0.4, -0.2) is 24.1 Å². The lowest BCUT2D eigenvalue weighted by Crippen LogP contribution is -2.41. The normalized spacial score (nSPS) is 29.7. The first kappa shape index (κ1) is 17.7. The van der Waals surface area contributed by atoms with Crippen LogP contribution in [0, 0.1) is 11.3 Å². The Morgan fingerprint density at radius 3 is 3.00 bits per heavy atom. The quantitative estimate of drug-likeness (QED) is 0.463. The third kappa shape index (κ3) is 4.65. The number of allylic oxidation sites excluding steroid dienone is 2. The Labute approximate surface area is 133 Å². The van der Waals surface area contributed by atoms with E-state index in [1.807, 2.05) is 0 Å². The van der Waals surface area contributed by atoms with E-state index in [2.05, 4.69) is 17.7 Å². The zero-order chi connectivity index (χ0) is 16.4. The molecule has 1 N–H and O–H groups in total. The highest BCUT2D eigenvalue weighted by atomic mass is 32.2. The van der Waals surface area contributed by atoms with Gasteiger partial charge in [0.15, 0.2) is 0 Å². The molecule has 22 heavy (non-hydrogen) atoms. The molecule has 3 atom stereocenters. The highest BCUT2D eigenvalue weighted by molar-refractivity contribution is 7.98. The Hall–Kier alpha value is -0.690. The van der Waals surface area contributed by atoms with Crippen molar-refractivity contribution in [1.82, 2.24) is 4.72 Å². The van der Waals surface area contributed by atoms with Gasteiger partial charge in [0.2, 0.25) is 0 Å². The lowest BCUT2D eigenvalue weighted by molar-refractivity contribution is -0.159. The molecule has 3 nitrogen and oxygen atoms in total. The summed E-state index contributed by atoms with van der Waals surface area (Å²) in [7, 11) is 0. The van der Waals surface area contributed by atoms with E-state index in [0.717, 1.165) is 32.1 Å². The number of alkyl halides is 3. The van der Waals surface area contributed by atoms with Gasteiger partial charge in [0.1, 0.15) is 6.61 Å². The molecule has 126 valence electrons. The third-order valence-electron chi connectivity index (χ3n) is 4.22. The molecule has 7 heteroatoms. The minimum absolute atomic E-state index is 0.0446. The van der Waals surface area contributed by atoms with E-state index in [-0.39, 0.29) is 24.5 Å². The molecule has 2 aliphatic carbocycles. The summed E-state index contributed by atoms with van der Waals surface area (Å²) in [6.07, 6.45) is 6.59. The summed E-state index contributed by atoms with van der Waals surface area (Å²) in [6, 6.07) is -0.549. The van der Waals surface area contributed by atoms with Crippen molar-refractivity contribution in [2.24, 2.45) is 11.3 Å².